The van der Waals surface area contributed by atoms with Gasteiger partial charge in [-0.15, -0.1) is 11.8 Å². The van der Waals surface area contributed by atoms with Crippen molar-refractivity contribution in [3.63, 3.8) is 0 Å². The number of thioether (sulfide) groups is 1. The van der Waals surface area contributed by atoms with Gasteiger partial charge in [-0.1, -0.05) is 18.2 Å². The van der Waals surface area contributed by atoms with Gasteiger partial charge in [0.15, 0.2) is 0 Å². The summed E-state index contributed by atoms with van der Waals surface area (Å²) in [5.41, 5.74) is 2.87. The van der Waals surface area contributed by atoms with Gasteiger partial charge in [0, 0.05) is 36.8 Å². The third-order valence-corrected chi connectivity index (χ3v) is 6.41. The molecule has 1 saturated heterocycles. The third-order valence-electron chi connectivity index (χ3n) is 5.36. The molecule has 0 unspecified atom stereocenters. The van der Waals surface area contributed by atoms with Crippen molar-refractivity contribution in [1.29, 1.82) is 10.5 Å². The van der Waals surface area contributed by atoms with Crippen LogP contribution in [0.15, 0.2) is 53.8 Å². The predicted molar refractivity (Wildman–Crippen MR) is 127 cm³/mol. The zero-order valence-corrected chi connectivity index (χ0v) is 19.5. The van der Waals surface area contributed by atoms with Gasteiger partial charge in [-0.3, -0.25) is 4.98 Å². The Morgan fingerprint density at radius 1 is 1.06 bits per heavy atom. The number of anilines is 1. The molecule has 0 bridgehead atoms. The molecule has 35 heavy (non-hydrogen) atoms. The smallest absolute Gasteiger partial charge is 0.345 e. The summed E-state index contributed by atoms with van der Waals surface area (Å²) >= 11 is 1.43. The quantitative estimate of drug-likeness (QED) is 0.287. The minimum atomic E-state index is -2.84. The van der Waals surface area contributed by atoms with Gasteiger partial charge in [0.05, 0.1) is 12.2 Å². The number of rotatable bonds is 10. The molecule has 0 spiro atoms. The highest BCUT2D eigenvalue weighted by atomic mass is 32.2. The summed E-state index contributed by atoms with van der Waals surface area (Å²) < 4.78 is 33.8. The molecule has 0 aliphatic carbocycles. The minimum absolute atomic E-state index is 0.0277. The maximum Gasteiger partial charge on any atom is 0.345 e. The third kappa shape index (κ3) is 5.86. The van der Waals surface area contributed by atoms with E-state index in [0.717, 1.165) is 25.1 Å². The summed E-state index contributed by atoms with van der Waals surface area (Å²) in [5.74, 6) is 1.62. The zero-order chi connectivity index (χ0) is 24.6. The molecule has 1 aliphatic rings. The van der Waals surface area contributed by atoms with E-state index >= 15 is 0 Å². The number of halogens is 2. The van der Waals surface area contributed by atoms with Gasteiger partial charge in [0.2, 0.25) is 0 Å². The molecule has 0 amide bonds. The SMILES string of the molecule is N#Cc1c(SCc2cccnc2)nc(N2CCC2)c(C#N)c1-c1ccc(OCCOC(F)F)cc1. The number of alkyl halides is 2. The number of nitrogens with zero attached hydrogens (tertiary/aromatic N) is 5. The van der Waals surface area contributed by atoms with Crippen molar-refractivity contribution >= 4 is 17.6 Å². The summed E-state index contributed by atoms with van der Waals surface area (Å²) in [6.07, 6.45) is 4.49. The maximum absolute atomic E-state index is 12.1. The molecule has 178 valence electrons. The van der Waals surface area contributed by atoms with Crippen molar-refractivity contribution in [2.75, 3.05) is 31.2 Å². The van der Waals surface area contributed by atoms with Crippen LogP contribution in [0.1, 0.15) is 23.1 Å². The maximum atomic E-state index is 12.1. The Hall–Kier alpha value is -3.73. The molecule has 4 rings (SSSR count). The van der Waals surface area contributed by atoms with Crippen molar-refractivity contribution in [2.24, 2.45) is 0 Å². The minimum Gasteiger partial charge on any atom is -0.491 e. The summed E-state index contributed by atoms with van der Waals surface area (Å²) in [7, 11) is 0. The van der Waals surface area contributed by atoms with Crippen LogP contribution >= 0.6 is 11.8 Å². The van der Waals surface area contributed by atoms with Crippen LogP contribution < -0.4 is 9.64 Å². The molecule has 3 heterocycles. The standard InChI is InChI=1S/C25H21F2N5O2S/c26-25(27)34-12-11-33-19-6-4-18(5-7-19)22-20(13-28)23(32-9-2-10-32)31-24(21(22)14-29)35-16-17-3-1-8-30-15-17/h1,3-8,15,25H,2,9-12,16H2. The summed E-state index contributed by atoms with van der Waals surface area (Å²) in [6.45, 7) is -1.51. The Labute approximate surface area is 205 Å². The molecule has 2 aromatic heterocycles. The lowest BCUT2D eigenvalue weighted by molar-refractivity contribution is -0.133. The van der Waals surface area contributed by atoms with Crippen LogP contribution in [-0.2, 0) is 10.5 Å². The Kier molecular flexibility index (Phi) is 8.09. The molecule has 0 saturated carbocycles. The van der Waals surface area contributed by atoms with E-state index in [9.17, 15) is 19.3 Å². The van der Waals surface area contributed by atoms with E-state index in [1.807, 2.05) is 17.0 Å². The van der Waals surface area contributed by atoms with Gasteiger partial charge in [-0.25, -0.2) is 4.98 Å². The lowest BCUT2D eigenvalue weighted by Crippen LogP contribution is -2.38. The van der Waals surface area contributed by atoms with Crippen LogP contribution in [0.3, 0.4) is 0 Å². The second-order valence-corrected chi connectivity index (χ2v) is 8.55. The van der Waals surface area contributed by atoms with E-state index in [1.54, 1.807) is 36.7 Å². The van der Waals surface area contributed by atoms with E-state index in [1.165, 1.54) is 11.8 Å². The Bertz CT molecular complexity index is 1240. The van der Waals surface area contributed by atoms with E-state index in [4.69, 9.17) is 9.72 Å². The zero-order valence-electron chi connectivity index (χ0n) is 18.7. The average molecular weight is 494 g/mol. The number of benzene rings is 1. The molecular formula is C25H21F2N5O2S. The first-order valence-corrected chi connectivity index (χ1v) is 11.9. The lowest BCUT2D eigenvalue weighted by atomic mass is 9.96. The molecule has 7 nitrogen and oxygen atoms in total. The highest BCUT2D eigenvalue weighted by molar-refractivity contribution is 7.98. The number of hydrogen-bond donors (Lipinski definition) is 0. The monoisotopic (exact) mass is 493 g/mol. The van der Waals surface area contributed by atoms with Crippen molar-refractivity contribution in [3.8, 4) is 29.0 Å². The van der Waals surface area contributed by atoms with Crippen LogP contribution in [0.2, 0.25) is 0 Å². The number of pyridine rings is 2. The van der Waals surface area contributed by atoms with Crippen molar-refractivity contribution in [1.82, 2.24) is 9.97 Å². The topological polar surface area (TPSA) is 95.1 Å². The molecule has 0 N–H and O–H groups in total. The number of hydrogen-bond acceptors (Lipinski definition) is 8. The van der Waals surface area contributed by atoms with Gasteiger partial charge in [-0.2, -0.15) is 19.3 Å². The Morgan fingerprint density at radius 3 is 2.43 bits per heavy atom. The average Bonchev–Trinajstić information content (AvgIpc) is 2.84. The first kappa shape index (κ1) is 24.4. The van der Waals surface area contributed by atoms with Crippen LogP contribution in [0, 0.1) is 22.7 Å². The Morgan fingerprint density at radius 2 is 1.83 bits per heavy atom. The molecule has 3 aromatic rings. The predicted octanol–water partition coefficient (Wildman–Crippen LogP) is 5.01. The van der Waals surface area contributed by atoms with Crippen molar-refractivity contribution < 1.29 is 18.3 Å². The highest BCUT2D eigenvalue weighted by Gasteiger charge is 2.27. The van der Waals surface area contributed by atoms with Gasteiger partial charge in [0.1, 0.15) is 40.9 Å². The van der Waals surface area contributed by atoms with Gasteiger partial charge in [-0.05, 0) is 35.7 Å². The number of aromatic nitrogens is 2. The first-order chi connectivity index (χ1) is 17.1. The molecule has 10 heteroatoms. The van der Waals surface area contributed by atoms with Crippen LogP contribution in [0.4, 0.5) is 14.6 Å². The van der Waals surface area contributed by atoms with E-state index in [-0.39, 0.29) is 13.2 Å². The fourth-order valence-electron chi connectivity index (χ4n) is 3.56. The summed E-state index contributed by atoms with van der Waals surface area (Å²) in [4.78, 5) is 10.9. The molecule has 0 radical (unpaired) electrons. The molecule has 0 atom stereocenters. The highest BCUT2D eigenvalue weighted by Crippen LogP contribution is 2.39. The Balaban J connectivity index is 1.68. The normalized spacial score (nSPS) is 12.7. The molecule has 1 fully saturated rings. The van der Waals surface area contributed by atoms with Gasteiger partial charge >= 0.3 is 6.61 Å². The summed E-state index contributed by atoms with van der Waals surface area (Å²) in [5, 5.41) is 20.7. The fraction of sp³-hybridized carbons (Fsp3) is 0.280. The molecule has 1 aliphatic heterocycles. The van der Waals surface area contributed by atoms with Crippen LogP contribution in [0.5, 0.6) is 5.75 Å². The van der Waals surface area contributed by atoms with Crippen LogP contribution in [0.25, 0.3) is 11.1 Å². The fourth-order valence-corrected chi connectivity index (χ4v) is 4.48. The largest absolute Gasteiger partial charge is 0.491 e. The van der Waals surface area contributed by atoms with Gasteiger partial charge < -0.3 is 14.4 Å². The second kappa shape index (κ2) is 11.6. The van der Waals surface area contributed by atoms with Crippen molar-refractivity contribution in [3.05, 3.63) is 65.5 Å². The van der Waals surface area contributed by atoms with Crippen molar-refractivity contribution in [2.45, 2.75) is 23.8 Å². The first-order valence-electron chi connectivity index (χ1n) is 10.9. The molecular weight excluding hydrogens is 472 g/mol. The van der Waals surface area contributed by atoms with Gasteiger partial charge in [0.25, 0.3) is 0 Å². The molecule has 1 aromatic carbocycles. The number of ether oxygens (including phenoxy) is 2. The summed E-state index contributed by atoms with van der Waals surface area (Å²) in [6, 6.07) is 15.2. The number of nitriles is 2. The van der Waals surface area contributed by atoms with E-state index < -0.39 is 6.61 Å². The van der Waals surface area contributed by atoms with E-state index in [2.05, 4.69) is 21.9 Å². The van der Waals surface area contributed by atoms with E-state index in [0.29, 0.717) is 44.6 Å². The lowest BCUT2D eigenvalue weighted by Gasteiger charge is -2.33. The van der Waals surface area contributed by atoms with Crippen LogP contribution in [-0.4, -0.2) is 42.9 Å². The second-order valence-electron chi connectivity index (χ2n) is 7.58.